The first kappa shape index (κ1) is 12.9. The molecule has 18 heavy (non-hydrogen) atoms. The highest BCUT2D eigenvalue weighted by Crippen LogP contribution is 2.19. The summed E-state index contributed by atoms with van der Waals surface area (Å²) in [5, 5.41) is 2.77. The van der Waals surface area contributed by atoms with Gasteiger partial charge in [-0.2, -0.15) is 0 Å². The van der Waals surface area contributed by atoms with E-state index in [0.717, 1.165) is 18.8 Å². The second-order valence-corrected chi connectivity index (χ2v) is 4.70. The highest BCUT2D eigenvalue weighted by Gasteiger charge is 2.10. The molecule has 1 aliphatic heterocycles. The van der Waals surface area contributed by atoms with Gasteiger partial charge in [-0.3, -0.25) is 4.79 Å². The monoisotopic (exact) mass is 247 g/mol. The Bertz CT molecular complexity index is 381. The first-order chi connectivity index (χ1) is 8.79. The van der Waals surface area contributed by atoms with Gasteiger partial charge in [0.25, 0.3) is 0 Å². The predicted molar refractivity (Wildman–Crippen MR) is 73.8 cm³/mol. The van der Waals surface area contributed by atoms with Gasteiger partial charge in [0.1, 0.15) is 5.82 Å². The topological polar surface area (TPSA) is 45.2 Å². The van der Waals surface area contributed by atoms with Gasteiger partial charge in [-0.1, -0.05) is 19.8 Å². The van der Waals surface area contributed by atoms with Gasteiger partial charge in [0.05, 0.1) is 11.9 Å². The van der Waals surface area contributed by atoms with Crippen LogP contribution in [0.4, 0.5) is 11.5 Å². The molecule has 0 unspecified atom stereocenters. The maximum atomic E-state index is 11.3. The molecule has 0 saturated carbocycles. The second-order valence-electron chi connectivity index (χ2n) is 4.70. The quantitative estimate of drug-likeness (QED) is 0.893. The molecule has 98 valence electrons. The van der Waals surface area contributed by atoms with Crippen LogP contribution in [0.2, 0.25) is 0 Å². The zero-order valence-electron chi connectivity index (χ0n) is 11.0. The molecule has 1 N–H and O–H groups in total. The van der Waals surface area contributed by atoms with E-state index in [4.69, 9.17) is 0 Å². The van der Waals surface area contributed by atoms with Crippen LogP contribution in [0.3, 0.4) is 0 Å². The van der Waals surface area contributed by atoms with Gasteiger partial charge in [0.2, 0.25) is 5.91 Å². The lowest BCUT2D eigenvalue weighted by atomic mass is 10.2. The molecule has 0 spiro atoms. The molecule has 0 atom stereocenters. The van der Waals surface area contributed by atoms with Gasteiger partial charge >= 0.3 is 0 Å². The lowest BCUT2D eigenvalue weighted by Gasteiger charge is -2.22. The number of hydrogen-bond donors (Lipinski definition) is 1. The van der Waals surface area contributed by atoms with E-state index in [1.165, 1.54) is 25.7 Å². The molecule has 1 amide bonds. The van der Waals surface area contributed by atoms with Crippen LogP contribution in [0.25, 0.3) is 0 Å². The largest absolute Gasteiger partial charge is 0.370 e. The summed E-state index contributed by atoms with van der Waals surface area (Å²) in [6, 6.07) is 3.93. The maximum absolute atomic E-state index is 11.3. The standard InChI is InChI=1S/C14H21N3O/c1-2-14(18)16-13-8-7-12(11-15-13)17-9-5-3-4-6-10-17/h7-8,11H,2-6,9-10H2,1H3,(H,15,16,18). The lowest BCUT2D eigenvalue weighted by molar-refractivity contribution is -0.115. The third kappa shape index (κ3) is 3.45. The van der Waals surface area contributed by atoms with E-state index >= 15 is 0 Å². The molecule has 0 aromatic carbocycles. The number of amides is 1. The van der Waals surface area contributed by atoms with Crippen LogP contribution >= 0.6 is 0 Å². The summed E-state index contributed by atoms with van der Waals surface area (Å²) in [6.07, 6.45) is 7.51. The molecular formula is C14H21N3O. The Labute approximate surface area is 108 Å². The first-order valence-corrected chi connectivity index (χ1v) is 6.80. The van der Waals surface area contributed by atoms with Crippen LogP contribution < -0.4 is 10.2 Å². The molecule has 2 rings (SSSR count). The van der Waals surface area contributed by atoms with E-state index < -0.39 is 0 Å². The molecule has 0 aliphatic carbocycles. The van der Waals surface area contributed by atoms with Crippen molar-refractivity contribution in [1.82, 2.24) is 4.98 Å². The second kappa shape index (κ2) is 6.38. The molecule has 0 bridgehead atoms. The van der Waals surface area contributed by atoms with Crippen molar-refractivity contribution in [1.29, 1.82) is 0 Å². The lowest BCUT2D eigenvalue weighted by Crippen LogP contribution is -2.24. The van der Waals surface area contributed by atoms with Crippen molar-refractivity contribution >= 4 is 17.4 Å². The minimum atomic E-state index is 0.00465. The van der Waals surface area contributed by atoms with Gasteiger partial charge in [-0.25, -0.2) is 4.98 Å². The van der Waals surface area contributed by atoms with Gasteiger partial charge < -0.3 is 10.2 Å². The van der Waals surface area contributed by atoms with E-state index in [0.29, 0.717) is 12.2 Å². The molecule has 1 fully saturated rings. The van der Waals surface area contributed by atoms with Gasteiger partial charge in [-0.05, 0) is 25.0 Å². The Balaban J connectivity index is 1.99. The summed E-state index contributed by atoms with van der Waals surface area (Å²) in [7, 11) is 0. The molecule has 0 radical (unpaired) electrons. The van der Waals surface area contributed by atoms with E-state index in [9.17, 15) is 4.79 Å². The van der Waals surface area contributed by atoms with Crippen molar-refractivity contribution in [2.75, 3.05) is 23.3 Å². The Morgan fingerprint density at radius 3 is 2.56 bits per heavy atom. The molecule has 1 aromatic heterocycles. The van der Waals surface area contributed by atoms with E-state index in [-0.39, 0.29) is 5.91 Å². The van der Waals surface area contributed by atoms with Crippen molar-refractivity contribution in [3.63, 3.8) is 0 Å². The number of hydrogen-bond acceptors (Lipinski definition) is 3. The van der Waals surface area contributed by atoms with Crippen LogP contribution in [-0.4, -0.2) is 24.0 Å². The summed E-state index contributed by atoms with van der Waals surface area (Å²) < 4.78 is 0. The first-order valence-electron chi connectivity index (χ1n) is 6.80. The average Bonchev–Trinajstić information content (AvgIpc) is 2.68. The minimum absolute atomic E-state index is 0.00465. The van der Waals surface area contributed by atoms with Crippen LogP contribution in [-0.2, 0) is 4.79 Å². The minimum Gasteiger partial charge on any atom is -0.370 e. The van der Waals surface area contributed by atoms with Crippen LogP contribution in [0.1, 0.15) is 39.0 Å². The third-order valence-corrected chi connectivity index (χ3v) is 3.31. The van der Waals surface area contributed by atoms with Gasteiger partial charge in [0, 0.05) is 19.5 Å². The number of carbonyl (C=O) groups excluding carboxylic acids is 1. The predicted octanol–water partition coefficient (Wildman–Crippen LogP) is 2.81. The highest BCUT2D eigenvalue weighted by atomic mass is 16.1. The normalized spacial score (nSPS) is 16.2. The fourth-order valence-electron chi connectivity index (χ4n) is 2.21. The molecule has 1 aliphatic rings. The number of anilines is 2. The number of nitrogens with one attached hydrogen (secondary N) is 1. The number of carbonyl (C=O) groups is 1. The molecule has 4 nitrogen and oxygen atoms in total. The zero-order valence-corrected chi connectivity index (χ0v) is 11.0. The Morgan fingerprint density at radius 2 is 2.00 bits per heavy atom. The summed E-state index contributed by atoms with van der Waals surface area (Å²) in [5.41, 5.74) is 1.16. The average molecular weight is 247 g/mol. The summed E-state index contributed by atoms with van der Waals surface area (Å²) in [5.74, 6) is 0.644. The Morgan fingerprint density at radius 1 is 1.28 bits per heavy atom. The maximum Gasteiger partial charge on any atom is 0.225 e. The molecule has 1 saturated heterocycles. The fraction of sp³-hybridized carbons (Fsp3) is 0.571. The van der Waals surface area contributed by atoms with Gasteiger partial charge in [0.15, 0.2) is 0 Å². The van der Waals surface area contributed by atoms with Crippen molar-refractivity contribution in [2.45, 2.75) is 39.0 Å². The molecular weight excluding hydrogens is 226 g/mol. The third-order valence-electron chi connectivity index (χ3n) is 3.31. The summed E-state index contributed by atoms with van der Waals surface area (Å²) >= 11 is 0. The van der Waals surface area contributed by atoms with Crippen molar-refractivity contribution in [3.8, 4) is 0 Å². The summed E-state index contributed by atoms with van der Waals surface area (Å²) in [6.45, 7) is 4.06. The van der Waals surface area contributed by atoms with Gasteiger partial charge in [-0.15, -0.1) is 0 Å². The Kier molecular flexibility index (Phi) is 4.56. The Hall–Kier alpha value is -1.58. The van der Waals surface area contributed by atoms with E-state index in [2.05, 4.69) is 15.2 Å². The van der Waals surface area contributed by atoms with Crippen LogP contribution in [0.15, 0.2) is 18.3 Å². The van der Waals surface area contributed by atoms with Crippen LogP contribution in [0.5, 0.6) is 0 Å². The SMILES string of the molecule is CCC(=O)Nc1ccc(N2CCCCCC2)cn1. The highest BCUT2D eigenvalue weighted by molar-refractivity contribution is 5.89. The molecule has 4 heteroatoms. The van der Waals surface area contributed by atoms with Crippen molar-refractivity contribution in [3.05, 3.63) is 18.3 Å². The van der Waals surface area contributed by atoms with E-state index in [1.807, 2.05) is 25.3 Å². The molecule has 2 heterocycles. The summed E-state index contributed by atoms with van der Waals surface area (Å²) in [4.78, 5) is 17.9. The number of rotatable bonds is 3. The molecule has 1 aromatic rings. The van der Waals surface area contributed by atoms with Crippen molar-refractivity contribution in [2.24, 2.45) is 0 Å². The van der Waals surface area contributed by atoms with Crippen molar-refractivity contribution < 1.29 is 4.79 Å². The number of nitrogens with zero attached hydrogens (tertiary/aromatic N) is 2. The number of aromatic nitrogens is 1. The number of pyridine rings is 1. The fourth-order valence-corrected chi connectivity index (χ4v) is 2.21. The smallest absolute Gasteiger partial charge is 0.225 e. The van der Waals surface area contributed by atoms with Crippen LogP contribution in [0, 0.1) is 0 Å². The zero-order chi connectivity index (χ0) is 12.8. The van der Waals surface area contributed by atoms with E-state index in [1.54, 1.807) is 0 Å².